The van der Waals surface area contributed by atoms with E-state index in [1.165, 1.54) is 18.3 Å². The second kappa shape index (κ2) is 4.06. The summed E-state index contributed by atoms with van der Waals surface area (Å²) in [4.78, 5) is 18.0. The van der Waals surface area contributed by atoms with Gasteiger partial charge in [0.25, 0.3) is 0 Å². The zero-order valence-corrected chi connectivity index (χ0v) is 8.09. The van der Waals surface area contributed by atoms with Crippen LogP contribution in [0.25, 0.3) is 11.3 Å². The van der Waals surface area contributed by atoms with Crippen LogP contribution in [0.4, 0.5) is 4.39 Å². The molecule has 0 aromatic carbocycles. The fraction of sp³-hybridized carbons (Fsp3) is 0. The molecule has 0 amide bonds. The zero-order valence-electron chi connectivity index (χ0n) is 8.09. The molecule has 2 rings (SSSR count). The summed E-state index contributed by atoms with van der Waals surface area (Å²) in [6.07, 6.45) is 1.31. The second-order valence-corrected chi connectivity index (χ2v) is 3.08. The molecule has 0 radical (unpaired) electrons. The van der Waals surface area contributed by atoms with Gasteiger partial charge in [-0.1, -0.05) is 6.07 Å². The molecule has 0 unspecified atom stereocenters. The molecule has 0 saturated carbocycles. The van der Waals surface area contributed by atoms with Crippen molar-refractivity contribution in [3.63, 3.8) is 0 Å². The molecule has 0 bridgehead atoms. The van der Waals surface area contributed by atoms with Gasteiger partial charge >= 0.3 is 5.97 Å². The highest BCUT2D eigenvalue weighted by Gasteiger charge is 2.07. The molecule has 0 fully saturated rings. The second-order valence-electron chi connectivity index (χ2n) is 3.08. The maximum atomic E-state index is 12.9. The van der Waals surface area contributed by atoms with Gasteiger partial charge in [-0.25, -0.2) is 14.8 Å². The molecule has 2 aromatic rings. The highest BCUT2D eigenvalue weighted by atomic mass is 19.1. The average molecular weight is 218 g/mol. The highest BCUT2D eigenvalue weighted by Crippen LogP contribution is 2.16. The predicted octanol–water partition coefficient (Wildman–Crippen LogP) is 1.98. The van der Waals surface area contributed by atoms with Crippen molar-refractivity contribution in [1.29, 1.82) is 0 Å². The summed E-state index contributed by atoms with van der Waals surface area (Å²) >= 11 is 0. The Morgan fingerprint density at radius 3 is 2.81 bits per heavy atom. The molecule has 4 nitrogen and oxygen atoms in total. The van der Waals surface area contributed by atoms with Crippen LogP contribution in [0, 0.1) is 5.95 Å². The van der Waals surface area contributed by atoms with Crippen molar-refractivity contribution < 1.29 is 14.3 Å². The van der Waals surface area contributed by atoms with Crippen LogP contribution in [0.2, 0.25) is 0 Å². The SMILES string of the molecule is O=C(O)c1cccc(-c2ccnc(F)c2)n1. The maximum Gasteiger partial charge on any atom is 0.354 e. The summed E-state index contributed by atoms with van der Waals surface area (Å²) in [6.45, 7) is 0. The highest BCUT2D eigenvalue weighted by molar-refractivity contribution is 5.86. The van der Waals surface area contributed by atoms with Gasteiger partial charge in [0, 0.05) is 17.8 Å². The van der Waals surface area contributed by atoms with Crippen LogP contribution >= 0.6 is 0 Å². The van der Waals surface area contributed by atoms with E-state index in [1.807, 2.05) is 0 Å². The first-order valence-electron chi connectivity index (χ1n) is 4.49. The Morgan fingerprint density at radius 2 is 2.12 bits per heavy atom. The summed E-state index contributed by atoms with van der Waals surface area (Å²) < 4.78 is 12.9. The lowest BCUT2D eigenvalue weighted by Gasteiger charge is -2.01. The number of carboxylic acid groups (broad SMARTS) is 1. The first-order chi connectivity index (χ1) is 7.66. The quantitative estimate of drug-likeness (QED) is 0.783. The van der Waals surface area contributed by atoms with Gasteiger partial charge in [0.1, 0.15) is 5.69 Å². The van der Waals surface area contributed by atoms with E-state index < -0.39 is 11.9 Å². The molecule has 0 atom stereocenters. The van der Waals surface area contributed by atoms with E-state index in [2.05, 4.69) is 9.97 Å². The van der Waals surface area contributed by atoms with Crippen LogP contribution in [0.15, 0.2) is 36.5 Å². The van der Waals surface area contributed by atoms with E-state index in [9.17, 15) is 9.18 Å². The number of nitrogens with zero attached hydrogens (tertiary/aromatic N) is 2. The zero-order chi connectivity index (χ0) is 11.5. The van der Waals surface area contributed by atoms with E-state index >= 15 is 0 Å². The topological polar surface area (TPSA) is 63.1 Å². The summed E-state index contributed by atoms with van der Waals surface area (Å²) in [5.41, 5.74) is 0.825. The van der Waals surface area contributed by atoms with Gasteiger partial charge in [-0.2, -0.15) is 4.39 Å². The van der Waals surface area contributed by atoms with Gasteiger partial charge in [-0.3, -0.25) is 0 Å². The average Bonchev–Trinajstić information content (AvgIpc) is 2.29. The lowest BCUT2D eigenvalue weighted by atomic mass is 10.1. The number of hydrogen-bond donors (Lipinski definition) is 1. The lowest BCUT2D eigenvalue weighted by molar-refractivity contribution is 0.0690. The van der Waals surface area contributed by atoms with Crippen LogP contribution in [0.3, 0.4) is 0 Å². The molecule has 80 valence electrons. The standard InChI is InChI=1S/C11H7FN2O2/c12-10-6-7(4-5-13-10)8-2-1-3-9(14-8)11(15)16/h1-6H,(H,15,16). The smallest absolute Gasteiger partial charge is 0.354 e. The largest absolute Gasteiger partial charge is 0.477 e. The Labute approximate surface area is 90.4 Å². The number of carbonyl (C=O) groups is 1. The summed E-state index contributed by atoms with van der Waals surface area (Å²) in [5.74, 6) is -1.74. The molecule has 0 saturated heterocycles. The van der Waals surface area contributed by atoms with Crippen molar-refractivity contribution >= 4 is 5.97 Å². The van der Waals surface area contributed by atoms with Crippen molar-refractivity contribution in [2.75, 3.05) is 0 Å². The molecule has 2 aromatic heterocycles. The van der Waals surface area contributed by atoms with Crippen LogP contribution in [-0.2, 0) is 0 Å². The van der Waals surface area contributed by atoms with Gasteiger partial charge in [-0.15, -0.1) is 0 Å². The van der Waals surface area contributed by atoms with Gasteiger partial charge < -0.3 is 5.11 Å². The van der Waals surface area contributed by atoms with Crippen LogP contribution in [0.5, 0.6) is 0 Å². The molecule has 0 aliphatic heterocycles. The number of carboxylic acids is 1. The molecule has 0 aliphatic carbocycles. The number of aromatic nitrogens is 2. The van der Waals surface area contributed by atoms with Crippen molar-refractivity contribution in [3.8, 4) is 11.3 Å². The summed E-state index contributed by atoms with van der Waals surface area (Å²) in [6, 6.07) is 7.32. The van der Waals surface area contributed by atoms with Crippen molar-refractivity contribution in [2.24, 2.45) is 0 Å². The van der Waals surface area contributed by atoms with Crippen LogP contribution in [0.1, 0.15) is 10.5 Å². The third-order valence-corrected chi connectivity index (χ3v) is 1.99. The van der Waals surface area contributed by atoms with Gasteiger partial charge in [0.15, 0.2) is 0 Å². The van der Waals surface area contributed by atoms with Gasteiger partial charge in [-0.05, 0) is 18.2 Å². The molecular weight excluding hydrogens is 211 g/mol. The summed E-state index contributed by atoms with van der Waals surface area (Å²) in [7, 11) is 0. The van der Waals surface area contributed by atoms with Crippen molar-refractivity contribution in [3.05, 3.63) is 48.2 Å². The van der Waals surface area contributed by atoms with Crippen molar-refractivity contribution in [1.82, 2.24) is 9.97 Å². The molecule has 5 heteroatoms. The Balaban J connectivity index is 2.48. The van der Waals surface area contributed by atoms with E-state index in [1.54, 1.807) is 18.2 Å². The molecule has 1 N–H and O–H groups in total. The molecular formula is C11H7FN2O2. The minimum absolute atomic E-state index is 0.0743. The monoisotopic (exact) mass is 218 g/mol. The Bertz CT molecular complexity index is 543. The molecule has 0 aliphatic rings. The Kier molecular flexibility index (Phi) is 2.59. The van der Waals surface area contributed by atoms with Gasteiger partial charge in [0.2, 0.25) is 5.95 Å². The van der Waals surface area contributed by atoms with E-state index in [0.29, 0.717) is 11.3 Å². The minimum Gasteiger partial charge on any atom is -0.477 e. The fourth-order valence-corrected chi connectivity index (χ4v) is 1.28. The Morgan fingerprint density at radius 1 is 1.31 bits per heavy atom. The third-order valence-electron chi connectivity index (χ3n) is 1.99. The first-order valence-corrected chi connectivity index (χ1v) is 4.49. The summed E-state index contributed by atoms with van der Waals surface area (Å²) in [5, 5.41) is 8.76. The number of hydrogen-bond acceptors (Lipinski definition) is 3. The number of aromatic carboxylic acids is 1. The van der Waals surface area contributed by atoms with Crippen LogP contribution in [-0.4, -0.2) is 21.0 Å². The molecule has 16 heavy (non-hydrogen) atoms. The first kappa shape index (κ1) is 10.2. The van der Waals surface area contributed by atoms with E-state index in [0.717, 1.165) is 0 Å². The normalized spacial score (nSPS) is 10.1. The van der Waals surface area contributed by atoms with Crippen molar-refractivity contribution in [2.45, 2.75) is 0 Å². The van der Waals surface area contributed by atoms with E-state index in [4.69, 9.17) is 5.11 Å². The number of halogens is 1. The number of pyridine rings is 2. The van der Waals surface area contributed by atoms with Gasteiger partial charge in [0.05, 0.1) is 5.69 Å². The third kappa shape index (κ3) is 2.03. The molecule has 0 spiro atoms. The predicted molar refractivity (Wildman–Crippen MR) is 54.4 cm³/mol. The maximum absolute atomic E-state index is 12.9. The lowest BCUT2D eigenvalue weighted by Crippen LogP contribution is -2.00. The fourth-order valence-electron chi connectivity index (χ4n) is 1.28. The number of rotatable bonds is 2. The van der Waals surface area contributed by atoms with E-state index in [-0.39, 0.29) is 5.69 Å². The minimum atomic E-state index is -1.11. The molecule has 2 heterocycles. The van der Waals surface area contributed by atoms with Crippen LogP contribution < -0.4 is 0 Å². The Hall–Kier alpha value is -2.30.